The number of nitrogen functional groups attached to an aromatic ring is 1. The molecule has 0 aliphatic carbocycles. The van der Waals surface area contributed by atoms with Crippen LogP contribution in [0.15, 0.2) is 12.3 Å². The summed E-state index contributed by atoms with van der Waals surface area (Å²) in [6.45, 7) is 0. The SMILES string of the molecule is N#Cc1cc2cn[nH]c2nc1N. The largest absolute Gasteiger partial charge is 0.383 e. The van der Waals surface area contributed by atoms with Crippen molar-refractivity contribution in [1.82, 2.24) is 15.2 Å². The van der Waals surface area contributed by atoms with Crippen molar-refractivity contribution < 1.29 is 0 Å². The van der Waals surface area contributed by atoms with Crippen LogP contribution in [0.4, 0.5) is 5.82 Å². The van der Waals surface area contributed by atoms with Gasteiger partial charge in [-0.1, -0.05) is 0 Å². The topological polar surface area (TPSA) is 91.4 Å². The lowest BCUT2D eigenvalue weighted by Crippen LogP contribution is -1.94. The third-order valence-corrected chi connectivity index (χ3v) is 1.58. The Hall–Kier alpha value is -2.09. The molecule has 2 aromatic rings. The van der Waals surface area contributed by atoms with Crippen LogP contribution in [-0.2, 0) is 0 Å². The Morgan fingerprint density at radius 1 is 1.58 bits per heavy atom. The number of nitrogens with one attached hydrogen (secondary N) is 1. The van der Waals surface area contributed by atoms with Crippen molar-refractivity contribution in [3.05, 3.63) is 17.8 Å². The van der Waals surface area contributed by atoms with Crippen molar-refractivity contribution >= 4 is 16.9 Å². The monoisotopic (exact) mass is 159 g/mol. The molecule has 0 saturated heterocycles. The summed E-state index contributed by atoms with van der Waals surface area (Å²) in [5.41, 5.74) is 6.46. The summed E-state index contributed by atoms with van der Waals surface area (Å²) >= 11 is 0. The third-order valence-electron chi connectivity index (χ3n) is 1.58. The van der Waals surface area contributed by atoms with E-state index in [0.717, 1.165) is 5.39 Å². The Kier molecular flexibility index (Phi) is 1.21. The van der Waals surface area contributed by atoms with Crippen LogP contribution in [-0.4, -0.2) is 15.2 Å². The maximum atomic E-state index is 8.61. The smallest absolute Gasteiger partial charge is 0.157 e. The first-order chi connectivity index (χ1) is 5.81. The van der Waals surface area contributed by atoms with Gasteiger partial charge in [-0.25, -0.2) is 4.98 Å². The van der Waals surface area contributed by atoms with Crippen molar-refractivity contribution in [1.29, 1.82) is 5.26 Å². The minimum atomic E-state index is 0.231. The van der Waals surface area contributed by atoms with Gasteiger partial charge in [0.25, 0.3) is 0 Å². The fourth-order valence-corrected chi connectivity index (χ4v) is 0.983. The Labute approximate surface area is 67.8 Å². The zero-order valence-corrected chi connectivity index (χ0v) is 6.07. The molecule has 0 radical (unpaired) electrons. The Bertz CT molecular complexity index is 464. The number of pyridine rings is 1. The molecule has 3 N–H and O–H groups in total. The summed E-state index contributed by atoms with van der Waals surface area (Å²) in [4.78, 5) is 3.94. The number of nitrogens with two attached hydrogens (primary N) is 1. The predicted molar refractivity (Wildman–Crippen MR) is 43.0 cm³/mol. The summed E-state index contributed by atoms with van der Waals surface area (Å²) in [5.74, 6) is 0.231. The van der Waals surface area contributed by atoms with Crippen molar-refractivity contribution in [2.75, 3.05) is 5.73 Å². The van der Waals surface area contributed by atoms with Gasteiger partial charge in [-0.15, -0.1) is 0 Å². The van der Waals surface area contributed by atoms with Crippen molar-refractivity contribution in [3.8, 4) is 6.07 Å². The van der Waals surface area contributed by atoms with Crippen molar-refractivity contribution in [3.63, 3.8) is 0 Å². The van der Waals surface area contributed by atoms with Crippen LogP contribution in [0.5, 0.6) is 0 Å². The van der Waals surface area contributed by atoms with E-state index >= 15 is 0 Å². The van der Waals surface area contributed by atoms with Gasteiger partial charge in [0.2, 0.25) is 0 Å². The summed E-state index contributed by atoms with van der Waals surface area (Å²) in [5, 5.41) is 15.8. The maximum absolute atomic E-state index is 8.61. The molecule has 12 heavy (non-hydrogen) atoms. The number of nitriles is 1. The zero-order chi connectivity index (χ0) is 8.55. The molecule has 0 atom stereocenters. The lowest BCUT2D eigenvalue weighted by molar-refractivity contribution is 1.10. The van der Waals surface area contributed by atoms with Crippen LogP contribution >= 0.6 is 0 Å². The van der Waals surface area contributed by atoms with E-state index < -0.39 is 0 Å². The summed E-state index contributed by atoms with van der Waals surface area (Å²) in [6, 6.07) is 3.60. The van der Waals surface area contributed by atoms with Gasteiger partial charge in [-0.05, 0) is 6.07 Å². The van der Waals surface area contributed by atoms with Crippen LogP contribution in [0.3, 0.4) is 0 Å². The quantitative estimate of drug-likeness (QED) is 0.582. The third kappa shape index (κ3) is 0.787. The van der Waals surface area contributed by atoms with Gasteiger partial charge in [-0.3, -0.25) is 5.10 Å². The average molecular weight is 159 g/mol. The van der Waals surface area contributed by atoms with Crippen LogP contribution in [0.25, 0.3) is 11.0 Å². The van der Waals surface area contributed by atoms with Crippen LogP contribution in [0.2, 0.25) is 0 Å². The van der Waals surface area contributed by atoms with E-state index in [0.29, 0.717) is 11.2 Å². The molecular weight excluding hydrogens is 154 g/mol. The number of hydrogen-bond donors (Lipinski definition) is 2. The number of fused-ring (bicyclic) bond motifs is 1. The second-order valence-electron chi connectivity index (χ2n) is 2.34. The predicted octanol–water partition coefficient (Wildman–Crippen LogP) is 0.412. The molecule has 0 aliphatic heterocycles. The van der Waals surface area contributed by atoms with E-state index in [1.54, 1.807) is 12.3 Å². The zero-order valence-electron chi connectivity index (χ0n) is 6.07. The highest BCUT2D eigenvalue weighted by Crippen LogP contribution is 2.14. The number of nitrogens with zero attached hydrogens (tertiary/aromatic N) is 3. The molecule has 5 heteroatoms. The lowest BCUT2D eigenvalue weighted by Gasteiger charge is -1.94. The van der Waals surface area contributed by atoms with E-state index in [4.69, 9.17) is 11.0 Å². The van der Waals surface area contributed by atoms with Gasteiger partial charge < -0.3 is 5.73 Å². The number of anilines is 1. The van der Waals surface area contributed by atoms with Crippen LogP contribution in [0, 0.1) is 11.3 Å². The standard InChI is InChI=1S/C7H5N5/c8-2-4-1-5-3-10-12-7(5)11-6(4)9/h1,3H,(H3,9,10,11,12). The molecule has 5 nitrogen and oxygen atoms in total. The van der Waals surface area contributed by atoms with E-state index in [1.165, 1.54) is 0 Å². The van der Waals surface area contributed by atoms with Gasteiger partial charge in [0.05, 0.1) is 11.8 Å². The van der Waals surface area contributed by atoms with Crippen LogP contribution in [0.1, 0.15) is 5.56 Å². The van der Waals surface area contributed by atoms with Gasteiger partial charge in [-0.2, -0.15) is 10.4 Å². The molecule has 2 rings (SSSR count). The molecule has 0 unspecified atom stereocenters. The molecule has 58 valence electrons. The summed E-state index contributed by atoms with van der Waals surface area (Å²) in [7, 11) is 0. The fourth-order valence-electron chi connectivity index (χ4n) is 0.983. The first-order valence-electron chi connectivity index (χ1n) is 3.31. The molecule has 2 heterocycles. The fraction of sp³-hybridized carbons (Fsp3) is 0. The molecule has 0 aromatic carbocycles. The molecule has 0 amide bonds. The number of aromatic amines is 1. The number of H-pyrrole nitrogens is 1. The number of rotatable bonds is 0. The lowest BCUT2D eigenvalue weighted by atomic mass is 10.2. The van der Waals surface area contributed by atoms with Gasteiger partial charge >= 0.3 is 0 Å². The van der Waals surface area contributed by atoms with Gasteiger partial charge in [0.1, 0.15) is 11.9 Å². The first kappa shape index (κ1) is 6.61. The highest BCUT2D eigenvalue weighted by Gasteiger charge is 2.03. The average Bonchev–Trinajstić information content (AvgIpc) is 2.49. The van der Waals surface area contributed by atoms with Gasteiger partial charge in [0, 0.05) is 5.39 Å². The molecular formula is C7H5N5. The molecule has 0 fully saturated rings. The van der Waals surface area contributed by atoms with Gasteiger partial charge in [0.15, 0.2) is 5.65 Å². The van der Waals surface area contributed by atoms with E-state index in [-0.39, 0.29) is 5.82 Å². The second kappa shape index (κ2) is 2.20. The minimum Gasteiger partial charge on any atom is -0.383 e. The molecule has 0 aliphatic rings. The van der Waals surface area contributed by atoms with E-state index in [9.17, 15) is 0 Å². The van der Waals surface area contributed by atoms with Crippen LogP contribution < -0.4 is 5.73 Å². The number of aromatic nitrogens is 3. The Balaban J connectivity index is 2.84. The highest BCUT2D eigenvalue weighted by atomic mass is 15.1. The number of hydrogen-bond acceptors (Lipinski definition) is 4. The molecule has 0 spiro atoms. The van der Waals surface area contributed by atoms with Crippen molar-refractivity contribution in [2.45, 2.75) is 0 Å². The van der Waals surface area contributed by atoms with E-state index in [2.05, 4.69) is 15.2 Å². The molecule has 0 bridgehead atoms. The molecule has 0 saturated carbocycles. The van der Waals surface area contributed by atoms with Crippen molar-refractivity contribution in [2.24, 2.45) is 0 Å². The second-order valence-corrected chi connectivity index (χ2v) is 2.34. The summed E-state index contributed by atoms with van der Waals surface area (Å²) < 4.78 is 0. The Morgan fingerprint density at radius 3 is 3.17 bits per heavy atom. The highest BCUT2D eigenvalue weighted by molar-refractivity contribution is 5.78. The Morgan fingerprint density at radius 2 is 2.42 bits per heavy atom. The minimum absolute atomic E-state index is 0.231. The first-order valence-corrected chi connectivity index (χ1v) is 3.31. The molecule has 2 aromatic heterocycles. The normalized spacial score (nSPS) is 9.92. The maximum Gasteiger partial charge on any atom is 0.157 e. The van der Waals surface area contributed by atoms with E-state index in [1.807, 2.05) is 6.07 Å². The summed E-state index contributed by atoms with van der Waals surface area (Å²) in [6.07, 6.45) is 1.60.